The van der Waals surface area contributed by atoms with Crippen LogP contribution in [0.25, 0.3) is 5.57 Å². The highest BCUT2D eigenvalue weighted by Crippen LogP contribution is 2.23. The monoisotopic (exact) mass is 398 g/mol. The van der Waals surface area contributed by atoms with Crippen molar-refractivity contribution >= 4 is 39.3 Å². The fraction of sp³-hybridized carbons (Fsp3) is 0.211. The molecule has 0 atom stereocenters. The SMILES string of the molecule is Cc1ccc(C(=O)NC2CC2)cc1C(C=Nc1cncc(Br)c1)=CN. The van der Waals surface area contributed by atoms with Gasteiger partial charge in [0.15, 0.2) is 0 Å². The van der Waals surface area contributed by atoms with E-state index in [1.54, 1.807) is 18.6 Å². The first-order valence-corrected chi connectivity index (χ1v) is 8.84. The van der Waals surface area contributed by atoms with Crippen LogP contribution in [0, 0.1) is 6.92 Å². The van der Waals surface area contributed by atoms with Gasteiger partial charge in [-0.3, -0.25) is 14.8 Å². The van der Waals surface area contributed by atoms with E-state index in [0.717, 1.165) is 34.0 Å². The molecular weight excluding hydrogens is 380 g/mol. The van der Waals surface area contributed by atoms with Crippen molar-refractivity contribution in [3.8, 4) is 0 Å². The zero-order valence-electron chi connectivity index (χ0n) is 13.9. The van der Waals surface area contributed by atoms with Gasteiger partial charge >= 0.3 is 0 Å². The van der Waals surface area contributed by atoms with E-state index in [9.17, 15) is 4.79 Å². The zero-order chi connectivity index (χ0) is 17.8. The van der Waals surface area contributed by atoms with Crippen molar-refractivity contribution in [2.45, 2.75) is 25.8 Å². The first kappa shape index (κ1) is 17.4. The molecule has 1 amide bonds. The minimum atomic E-state index is -0.0479. The first-order valence-electron chi connectivity index (χ1n) is 8.05. The van der Waals surface area contributed by atoms with Gasteiger partial charge in [0.2, 0.25) is 0 Å². The van der Waals surface area contributed by atoms with Crippen molar-refractivity contribution in [3.63, 3.8) is 0 Å². The van der Waals surface area contributed by atoms with Gasteiger partial charge in [-0.1, -0.05) is 6.07 Å². The van der Waals surface area contributed by atoms with Gasteiger partial charge in [0.05, 0.1) is 11.9 Å². The third-order valence-electron chi connectivity index (χ3n) is 3.95. The molecule has 3 N–H and O–H groups in total. The van der Waals surface area contributed by atoms with E-state index in [4.69, 9.17) is 5.73 Å². The van der Waals surface area contributed by atoms with Crippen molar-refractivity contribution in [2.24, 2.45) is 10.7 Å². The van der Waals surface area contributed by atoms with Crippen molar-refractivity contribution in [1.82, 2.24) is 10.3 Å². The van der Waals surface area contributed by atoms with Gasteiger partial charge in [-0.15, -0.1) is 0 Å². The van der Waals surface area contributed by atoms with Gasteiger partial charge < -0.3 is 11.1 Å². The molecule has 1 aromatic carbocycles. The van der Waals surface area contributed by atoms with Crippen LogP contribution in [-0.4, -0.2) is 23.1 Å². The lowest BCUT2D eigenvalue weighted by molar-refractivity contribution is 0.0951. The van der Waals surface area contributed by atoms with Crippen LogP contribution in [0.4, 0.5) is 5.69 Å². The van der Waals surface area contributed by atoms with Crippen molar-refractivity contribution in [3.05, 3.63) is 64.0 Å². The van der Waals surface area contributed by atoms with Crippen LogP contribution in [0.15, 0.2) is 52.3 Å². The lowest BCUT2D eigenvalue weighted by atomic mass is 9.98. The van der Waals surface area contributed by atoms with E-state index in [1.807, 2.05) is 31.2 Å². The van der Waals surface area contributed by atoms with Crippen LogP contribution in [0.5, 0.6) is 0 Å². The maximum absolute atomic E-state index is 12.3. The second-order valence-electron chi connectivity index (χ2n) is 6.02. The number of amides is 1. The number of nitrogens with zero attached hydrogens (tertiary/aromatic N) is 2. The van der Waals surface area contributed by atoms with Crippen molar-refractivity contribution < 1.29 is 4.79 Å². The average molecular weight is 399 g/mol. The number of rotatable bonds is 5. The summed E-state index contributed by atoms with van der Waals surface area (Å²) >= 11 is 3.37. The van der Waals surface area contributed by atoms with Crippen molar-refractivity contribution in [1.29, 1.82) is 0 Å². The number of benzene rings is 1. The summed E-state index contributed by atoms with van der Waals surface area (Å²) in [7, 11) is 0. The third-order valence-corrected chi connectivity index (χ3v) is 4.38. The van der Waals surface area contributed by atoms with Crippen LogP contribution in [-0.2, 0) is 0 Å². The molecule has 6 heteroatoms. The van der Waals surface area contributed by atoms with Crippen molar-refractivity contribution in [2.75, 3.05) is 0 Å². The second kappa shape index (κ2) is 7.61. The highest BCUT2D eigenvalue weighted by atomic mass is 79.9. The number of hydrogen-bond acceptors (Lipinski definition) is 4. The van der Waals surface area contributed by atoms with E-state index in [2.05, 4.69) is 31.2 Å². The molecule has 1 aliphatic carbocycles. The summed E-state index contributed by atoms with van der Waals surface area (Å²) in [5.74, 6) is -0.0479. The number of carbonyl (C=O) groups is 1. The molecule has 0 spiro atoms. The van der Waals surface area contributed by atoms with E-state index < -0.39 is 0 Å². The molecule has 2 aromatic rings. The number of pyridine rings is 1. The van der Waals surface area contributed by atoms with Gasteiger partial charge in [-0.25, -0.2) is 0 Å². The number of aromatic nitrogens is 1. The molecule has 0 bridgehead atoms. The summed E-state index contributed by atoms with van der Waals surface area (Å²) in [5, 5.41) is 3.00. The Morgan fingerprint density at radius 2 is 2.16 bits per heavy atom. The van der Waals surface area contributed by atoms with Gasteiger partial charge in [-0.2, -0.15) is 0 Å². The number of carbonyl (C=O) groups excluding carboxylic acids is 1. The smallest absolute Gasteiger partial charge is 0.251 e. The molecule has 0 saturated heterocycles. The van der Waals surface area contributed by atoms with E-state index in [0.29, 0.717) is 17.3 Å². The van der Waals surface area contributed by atoms with E-state index >= 15 is 0 Å². The van der Waals surface area contributed by atoms with Crippen LogP contribution < -0.4 is 11.1 Å². The second-order valence-corrected chi connectivity index (χ2v) is 6.93. The molecule has 1 aliphatic rings. The molecule has 1 aromatic heterocycles. The molecule has 1 saturated carbocycles. The third kappa shape index (κ3) is 4.54. The number of halogens is 1. The summed E-state index contributed by atoms with van der Waals surface area (Å²) in [6.45, 7) is 1.98. The molecule has 128 valence electrons. The Kier molecular flexibility index (Phi) is 5.28. The van der Waals surface area contributed by atoms with Gasteiger partial charge in [0.1, 0.15) is 0 Å². The maximum Gasteiger partial charge on any atom is 0.251 e. The predicted octanol–water partition coefficient (Wildman–Crippen LogP) is 3.75. The number of allylic oxidation sites excluding steroid dienone is 1. The Morgan fingerprint density at radius 1 is 1.36 bits per heavy atom. The Labute approximate surface area is 155 Å². The summed E-state index contributed by atoms with van der Waals surface area (Å²) in [5.41, 5.74) is 9.81. The Balaban J connectivity index is 1.85. The molecular formula is C19H19BrN4O. The molecule has 0 unspecified atom stereocenters. The minimum Gasteiger partial charge on any atom is -0.404 e. The lowest BCUT2D eigenvalue weighted by Gasteiger charge is -2.10. The number of aliphatic imine (C=N–C) groups is 1. The number of aryl methyl sites for hydroxylation is 1. The predicted molar refractivity (Wildman–Crippen MR) is 104 cm³/mol. The summed E-state index contributed by atoms with van der Waals surface area (Å²) in [6.07, 6.45) is 8.68. The minimum absolute atomic E-state index is 0.0479. The molecule has 25 heavy (non-hydrogen) atoms. The summed E-state index contributed by atoms with van der Waals surface area (Å²) in [6, 6.07) is 7.81. The van der Waals surface area contributed by atoms with Crippen LogP contribution in [0.3, 0.4) is 0 Å². The molecule has 1 heterocycles. The quantitative estimate of drug-likeness (QED) is 0.752. The number of nitrogens with two attached hydrogens (primary N) is 1. The first-order chi connectivity index (χ1) is 12.1. The van der Waals surface area contributed by atoms with Crippen LogP contribution in [0.1, 0.15) is 34.3 Å². The summed E-state index contributed by atoms with van der Waals surface area (Å²) < 4.78 is 0.857. The molecule has 5 nitrogen and oxygen atoms in total. The highest BCUT2D eigenvalue weighted by Gasteiger charge is 2.24. The largest absolute Gasteiger partial charge is 0.404 e. The summed E-state index contributed by atoms with van der Waals surface area (Å²) in [4.78, 5) is 20.8. The average Bonchev–Trinajstić information content (AvgIpc) is 3.41. The van der Waals surface area contributed by atoms with E-state index in [1.165, 1.54) is 6.20 Å². The Morgan fingerprint density at radius 3 is 2.84 bits per heavy atom. The van der Waals surface area contributed by atoms with Gasteiger partial charge in [-0.05, 0) is 65.0 Å². The van der Waals surface area contributed by atoms with Crippen LogP contribution >= 0.6 is 15.9 Å². The maximum atomic E-state index is 12.3. The number of nitrogens with one attached hydrogen (secondary N) is 1. The molecule has 1 fully saturated rings. The highest BCUT2D eigenvalue weighted by molar-refractivity contribution is 9.10. The lowest BCUT2D eigenvalue weighted by Crippen LogP contribution is -2.25. The Hall–Kier alpha value is -2.47. The fourth-order valence-corrected chi connectivity index (χ4v) is 2.74. The van der Waals surface area contributed by atoms with Gasteiger partial charge in [0.25, 0.3) is 5.91 Å². The normalized spacial score (nSPS) is 14.7. The zero-order valence-corrected chi connectivity index (χ0v) is 15.5. The Bertz CT molecular complexity index is 856. The topological polar surface area (TPSA) is 80.4 Å². The molecule has 0 radical (unpaired) electrons. The standard InChI is InChI=1S/C19H19BrN4O/c1-12-2-3-13(19(25)24-16-4-5-16)6-18(12)14(8-21)9-23-17-7-15(20)10-22-11-17/h2-3,6-11,16H,4-5,21H2,1H3,(H,24,25). The van der Waals surface area contributed by atoms with Gasteiger partial charge in [0, 0.05) is 40.3 Å². The van der Waals surface area contributed by atoms with E-state index in [-0.39, 0.29) is 5.91 Å². The van der Waals surface area contributed by atoms with Crippen LogP contribution in [0.2, 0.25) is 0 Å². The molecule has 0 aliphatic heterocycles. The number of hydrogen-bond donors (Lipinski definition) is 2. The molecule has 3 rings (SSSR count). The fourth-order valence-electron chi connectivity index (χ4n) is 2.39.